The van der Waals surface area contributed by atoms with Crippen LogP contribution in [-0.4, -0.2) is 15.0 Å². The molecule has 0 aliphatic heterocycles. The van der Waals surface area contributed by atoms with Crippen LogP contribution < -0.4 is 0 Å². The zero-order chi connectivity index (χ0) is 25.9. The molecule has 0 bridgehead atoms. The van der Waals surface area contributed by atoms with Crippen molar-refractivity contribution in [2.45, 2.75) is 0 Å². The van der Waals surface area contributed by atoms with Crippen molar-refractivity contribution in [3.8, 4) is 56.9 Å². The third kappa shape index (κ3) is 4.37. The topological polar surface area (TPSA) is 86.2 Å². The smallest absolute Gasteiger partial charge is 0.178 e. The molecule has 5 nitrogen and oxygen atoms in total. The van der Waals surface area contributed by atoms with Crippen molar-refractivity contribution in [2.75, 3.05) is 0 Å². The van der Waals surface area contributed by atoms with Crippen molar-refractivity contribution in [1.82, 2.24) is 15.0 Å². The molecule has 0 aliphatic rings. The Balaban J connectivity index is 1.40. The van der Waals surface area contributed by atoms with Gasteiger partial charge in [0.1, 0.15) is 5.52 Å². The van der Waals surface area contributed by atoms with Gasteiger partial charge in [-0.2, -0.15) is 10.5 Å². The summed E-state index contributed by atoms with van der Waals surface area (Å²) in [5.74, 6) is 0. The molecule has 0 aliphatic carbocycles. The SMILES string of the molecule is N#Cc1ccc(-c2ccc(-c3nc4cccnc4nc3-c3ccc(-c4ccc(C#N)cc4)cc3)cc2)cc1. The van der Waals surface area contributed by atoms with Crippen molar-refractivity contribution in [3.63, 3.8) is 0 Å². The Kier molecular flexibility index (Phi) is 5.86. The van der Waals surface area contributed by atoms with E-state index in [-0.39, 0.29) is 0 Å². The lowest BCUT2D eigenvalue weighted by Crippen LogP contribution is -1.97. The van der Waals surface area contributed by atoms with Gasteiger partial charge in [-0.15, -0.1) is 0 Å². The van der Waals surface area contributed by atoms with Gasteiger partial charge in [0.05, 0.1) is 34.7 Å². The monoisotopic (exact) mass is 485 g/mol. The summed E-state index contributed by atoms with van der Waals surface area (Å²) in [6, 6.07) is 39.6. The second-order valence-corrected chi connectivity index (χ2v) is 8.80. The van der Waals surface area contributed by atoms with E-state index in [1.807, 2.05) is 84.9 Å². The largest absolute Gasteiger partial charge is 0.242 e. The lowest BCUT2D eigenvalue weighted by molar-refractivity contribution is 1.23. The van der Waals surface area contributed by atoms with E-state index in [2.05, 4.69) is 41.4 Å². The van der Waals surface area contributed by atoms with E-state index in [9.17, 15) is 0 Å². The molecule has 0 atom stereocenters. The maximum absolute atomic E-state index is 9.07. The highest BCUT2D eigenvalue weighted by Crippen LogP contribution is 2.33. The molecular formula is C33H19N5. The van der Waals surface area contributed by atoms with Crippen molar-refractivity contribution in [2.24, 2.45) is 0 Å². The van der Waals surface area contributed by atoms with Crippen LogP contribution in [0.5, 0.6) is 0 Å². The first kappa shape index (κ1) is 22.8. The number of fused-ring (bicyclic) bond motifs is 1. The molecule has 2 aromatic heterocycles. The molecule has 6 rings (SSSR count). The van der Waals surface area contributed by atoms with Gasteiger partial charge in [0, 0.05) is 17.3 Å². The lowest BCUT2D eigenvalue weighted by Gasteiger charge is -2.12. The minimum atomic E-state index is 0.594. The predicted molar refractivity (Wildman–Crippen MR) is 149 cm³/mol. The minimum Gasteiger partial charge on any atom is -0.242 e. The molecule has 0 N–H and O–H groups in total. The van der Waals surface area contributed by atoms with Crippen LogP contribution >= 0.6 is 0 Å². The summed E-state index contributed by atoms with van der Waals surface area (Å²) in [5.41, 5.74) is 10.2. The zero-order valence-corrected chi connectivity index (χ0v) is 20.2. The molecule has 0 spiro atoms. The Hall–Kier alpha value is -5.65. The summed E-state index contributed by atoms with van der Waals surface area (Å²) >= 11 is 0. The molecule has 2 heterocycles. The second kappa shape index (κ2) is 9.78. The minimum absolute atomic E-state index is 0.594. The normalized spacial score (nSPS) is 10.6. The maximum atomic E-state index is 9.07. The first-order valence-electron chi connectivity index (χ1n) is 12.1. The van der Waals surface area contributed by atoms with Gasteiger partial charge in [-0.3, -0.25) is 0 Å². The van der Waals surface area contributed by atoms with E-state index in [4.69, 9.17) is 20.5 Å². The number of pyridine rings is 1. The van der Waals surface area contributed by atoms with Crippen LogP contribution in [0.2, 0.25) is 0 Å². The van der Waals surface area contributed by atoms with Gasteiger partial charge in [-0.1, -0.05) is 72.8 Å². The standard InChI is InChI=1S/C33H19N5/c34-20-22-3-7-24(8-4-22)26-11-15-28(16-12-26)31-32(38-33-30(37-31)2-1-19-36-33)29-17-13-27(14-18-29)25-9-5-23(21-35)6-10-25/h1-19H. The van der Waals surface area contributed by atoms with Crippen molar-refractivity contribution in [1.29, 1.82) is 10.5 Å². The summed E-state index contributed by atoms with van der Waals surface area (Å²) in [6.07, 6.45) is 1.72. The van der Waals surface area contributed by atoms with Crippen molar-refractivity contribution in [3.05, 3.63) is 127 Å². The Morgan fingerprint density at radius 2 is 0.842 bits per heavy atom. The van der Waals surface area contributed by atoms with E-state index >= 15 is 0 Å². The Morgan fingerprint density at radius 3 is 1.29 bits per heavy atom. The third-order valence-electron chi connectivity index (χ3n) is 6.45. The van der Waals surface area contributed by atoms with E-state index in [1.165, 1.54) is 0 Å². The molecule has 0 saturated carbocycles. The number of hydrogen-bond donors (Lipinski definition) is 0. The van der Waals surface area contributed by atoms with Crippen LogP contribution in [0.3, 0.4) is 0 Å². The van der Waals surface area contributed by atoms with Crippen LogP contribution in [-0.2, 0) is 0 Å². The third-order valence-corrected chi connectivity index (χ3v) is 6.45. The molecule has 38 heavy (non-hydrogen) atoms. The number of nitriles is 2. The predicted octanol–water partition coefficient (Wildman–Crippen LogP) is 7.44. The fourth-order valence-corrected chi connectivity index (χ4v) is 4.41. The van der Waals surface area contributed by atoms with Gasteiger partial charge in [0.15, 0.2) is 5.65 Å². The molecule has 0 radical (unpaired) electrons. The average Bonchev–Trinajstić information content (AvgIpc) is 3.01. The van der Waals surface area contributed by atoms with Crippen LogP contribution in [0, 0.1) is 22.7 Å². The van der Waals surface area contributed by atoms with Crippen LogP contribution in [0.1, 0.15) is 11.1 Å². The van der Waals surface area contributed by atoms with Crippen molar-refractivity contribution < 1.29 is 0 Å². The highest BCUT2D eigenvalue weighted by molar-refractivity contribution is 5.86. The number of benzene rings is 4. The Labute approximate surface area is 220 Å². The zero-order valence-electron chi connectivity index (χ0n) is 20.2. The molecule has 4 aromatic carbocycles. The summed E-state index contributed by atoms with van der Waals surface area (Å²) < 4.78 is 0. The Morgan fingerprint density at radius 1 is 0.447 bits per heavy atom. The first-order valence-corrected chi connectivity index (χ1v) is 12.1. The van der Waals surface area contributed by atoms with E-state index in [0.29, 0.717) is 16.8 Å². The summed E-state index contributed by atoms with van der Waals surface area (Å²) in [4.78, 5) is 14.3. The fourth-order valence-electron chi connectivity index (χ4n) is 4.41. The van der Waals surface area contributed by atoms with Crippen molar-refractivity contribution >= 4 is 11.2 Å². The van der Waals surface area contributed by atoms with E-state index < -0.39 is 0 Å². The summed E-state index contributed by atoms with van der Waals surface area (Å²) in [7, 11) is 0. The molecule has 5 heteroatoms. The van der Waals surface area contributed by atoms with Crippen LogP contribution in [0.15, 0.2) is 115 Å². The van der Waals surface area contributed by atoms with E-state index in [0.717, 1.165) is 50.3 Å². The van der Waals surface area contributed by atoms with Gasteiger partial charge < -0.3 is 0 Å². The molecule has 0 unspecified atom stereocenters. The molecular weight excluding hydrogens is 466 g/mol. The lowest BCUT2D eigenvalue weighted by atomic mass is 9.98. The Bertz CT molecular complexity index is 1700. The number of nitrogens with zero attached hydrogens (tertiary/aromatic N) is 5. The quantitative estimate of drug-likeness (QED) is 0.259. The first-order chi connectivity index (χ1) is 18.7. The number of aromatic nitrogens is 3. The second-order valence-electron chi connectivity index (χ2n) is 8.80. The highest BCUT2D eigenvalue weighted by atomic mass is 14.9. The fraction of sp³-hybridized carbons (Fsp3) is 0. The van der Waals surface area contributed by atoms with Gasteiger partial charge in [-0.25, -0.2) is 15.0 Å². The number of hydrogen-bond acceptors (Lipinski definition) is 5. The average molecular weight is 486 g/mol. The van der Waals surface area contributed by atoms with Gasteiger partial charge in [0.2, 0.25) is 0 Å². The highest BCUT2D eigenvalue weighted by Gasteiger charge is 2.14. The van der Waals surface area contributed by atoms with Crippen LogP contribution in [0.25, 0.3) is 55.9 Å². The molecule has 0 saturated heterocycles. The summed E-state index contributed by atoms with van der Waals surface area (Å²) in [6.45, 7) is 0. The van der Waals surface area contributed by atoms with Gasteiger partial charge >= 0.3 is 0 Å². The molecule has 0 fully saturated rings. The molecule has 6 aromatic rings. The summed E-state index contributed by atoms with van der Waals surface area (Å²) in [5, 5.41) is 18.1. The maximum Gasteiger partial charge on any atom is 0.178 e. The van der Waals surface area contributed by atoms with Gasteiger partial charge in [0.25, 0.3) is 0 Å². The van der Waals surface area contributed by atoms with E-state index in [1.54, 1.807) is 6.20 Å². The molecule has 176 valence electrons. The number of rotatable bonds is 4. The van der Waals surface area contributed by atoms with Crippen LogP contribution in [0.4, 0.5) is 0 Å². The van der Waals surface area contributed by atoms with Gasteiger partial charge in [-0.05, 0) is 58.7 Å². The molecule has 0 amide bonds.